The number of carboxylic acid groups (broad SMARTS) is 1. The molecule has 0 fully saturated rings. The number of carbonyl (C=O) groups is 2. The Morgan fingerprint density at radius 1 is 1.29 bits per heavy atom. The maximum absolute atomic E-state index is 11.5. The summed E-state index contributed by atoms with van der Waals surface area (Å²) in [5.74, 6) is -1.37. The van der Waals surface area contributed by atoms with Crippen molar-refractivity contribution in [3.05, 3.63) is 35.9 Å². The second kappa shape index (κ2) is 6.65. The van der Waals surface area contributed by atoms with Crippen LogP contribution in [0.4, 0.5) is 0 Å². The maximum atomic E-state index is 11.5. The number of nitrogens with one attached hydrogen (secondary N) is 1. The zero-order valence-electron chi connectivity index (χ0n) is 9.43. The van der Waals surface area contributed by atoms with E-state index < -0.39 is 12.0 Å². The van der Waals surface area contributed by atoms with E-state index in [1.165, 1.54) is 0 Å². The summed E-state index contributed by atoms with van der Waals surface area (Å²) >= 11 is 0. The monoisotopic (exact) mass is 236 g/mol. The van der Waals surface area contributed by atoms with Crippen molar-refractivity contribution < 1.29 is 14.7 Å². The lowest BCUT2D eigenvalue weighted by Crippen LogP contribution is -2.33. The van der Waals surface area contributed by atoms with E-state index in [1.807, 2.05) is 0 Å². The van der Waals surface area contributed by atoms with Gasteiger partial charge in [-0.1, -0.05) is 30.3 Å². The van der Waals surface area contributed by atoms with E-state index in [0.717, 1.165) is 0 Å². The second-order valence-electron chi connectivity index (χ2n) is 3.64. The first kappa shape index (κ1) is 13.2. The van der Waals surface area contributed by atoms with Crippen LogP contribution >= 0.6 is 0 Å². The lowest BCUT2D eigenvalue weighted by atomic mass is 10.1. The standard InChI is InChI=1S/C12H16N2O3/c13-8-4-7-10(15)14-11(12(16)17)9-5-2-1-3-6-9/h1-3,5-6,11H,4,7-8,13H2,(H,14,15)(H,16,17)/t11-/m1/s1. The Balaban J connectivity index is 2.68. The van der Waals surface area contributed by atoms with Gasteiger partial charge in [-0.25, -0.2) is 4.79 Å². The van der Waals surface area contributed by atoms with Crippen LogP contribution in [0.1, 0.15) is 24.4 Å². The van der Waals surface area contributed by atoms with Crippen molar-refractivity contribution in [2.45, 2.75) is 18.9 Å². The number of benzene rings is 1. The van der Waals surface area contributed by atoms with Crippen LogP contribution in [0.2, 0.25) is 0 Å². The van der Waals surface area contributed by atoms with Crippen molar-refractivity contribution in [3.63, 3.8) is 0 Å². The smallest absolute Gasteiger partial charge is 0.330 e. The topological polar surface area (TPSA) is 92.4 Å². The van der Waals surface area contributed by atoms with Crippen LogP contribution < -0.4 is 11.1 Å². The summed E-state index contributed by atoms with van der Waals surface area (Å²) in [6.07, 6.45) is 0.792. The molecule has 1 amide bonds. The van der Waals surface area contributed by atoms with Crippen molar-refractivity contribution in [1.29, 1.82) is 0 Å². The highest BCUT2D eigenvalue weighted by Crippen LogP contribution is 2.12. The first-order valence-corrected chi connectivity index (χ1v) is 5.42. The molecule has 1 rings (SSSR count). The molecule has 0 unspecified atom stereocenters. The van der Waals surface area contributed by atoms with Gasteiger partial charge in [0, 0.05) is 6.42 Å². The number of hydrogen-bond acceptors (Lipinski definition) is 3. The zero-order valence-corrected chi connectivity index (χ0v) is 9.43. The number of amides is 1. The highest BCUT2D eigenvalue weighted by atomic mass is 16.4. The molecule has 0 aliphatic heterocycles. The lowest BCUT2D eigenvalue weighted by Gasteiger charge is -2.14. The van der Waals surface area contributed by atoms with Crippen LogP contribution in [-0.4, -0.2) is 23.5 Å². The van der Waals surface area contributed by atoms with Gasteiger partial charge in [0.25, 0.3) is 0 Å². The Hall–Kier alpha value is -1.88. The Kier molecular flexibility index (Phi) is 5.16. The van der Waals surface area contributed by atoms with E-state index in [9.17, 15) is 9.59 Å². The van der Waals surface area contributed by atoms with Gasteiger partial charge in [0.2, 0.25) is 5.91 Å². The van der Waals surface area contributed by atoms with Crippen molar-refractivity contribution in [3.8, 4) is 0 Å². The minimum Gasteiger partial charge on any atom is -0.479 e. The van der Waals surface area contributed by atoms with E-state index in [1.54, 1.807) is 30.3 Å². The van der Waals surface area contributed by atoms with Crippen LogP contribution in [0.5, 0.6) is 0 Å². The van der Waals surface area contributed by atoms with Gasteiger partial charge in [-0.2, -0.15) is 0 Å². The highest BCUT2D eigenvalue weighted by molar-refractivity contribution is 5.84. The third-order valence-corrected chi connectivity index (χ3v) is 2.29. The Morgan fingerprint density at radius 3 is 2.47 bits per heavy atom. The fourth-order valence-electron chi connectivity index (χ4n) is 1.43. The summed E-state index contributed by atoms with van der Waals surface area (Å²) in [4.78, 5) is 22.5. The largest absolute Gasteiger partial charge is 0.479 e. The minimum absolute atomic E-state index is 0.243. The summed E-state index contributed by atoms with van der Waals surface area (Å²) in [5.41, 5.74) is 5.84. The van der Waals surface area contributed by atoms with Crippen LogP contribution in [0.25, 0.3) is 0 Å². The number of carboxylic acids is 1. The number of aliphatic carboxylic acids is 1. The van der Waals surface area contributed by atoms with Crippen molar-refractivity contribution >= 4 is 11.9 Å². The molecule has 1 aromatic carbocycles. The van der Waals surface area contributed by atoms with Gasteiger partial charge < -0.3 is 16.2 Å². The van der Waals surface area contributed by atoms with Crippen molar-refractivity contribution in [2.24, 2.45) is 5.73 Å². The fourth-order valence-corrected chi connectivity index (χ4v) is 1.43. The van der Waals surface area contributed by atoms with Crippen molar-refractivity contribution in [1.82, 2.24) is 5.32 Å². The Morgan fingerprint density at radius 2 is 1.94 bits per heavy atom. The van der Waals surface area contributed by atoms with Gasteiger partial charge in [0.1, 0.15) is 0 Å². The Bertz CT molecular complexity index is 379. The first-order chi connectivity index (χ1) is 8.15. The van der Waals surface area contributed by atoms with Gasteiger partial charge in [0.05, 0.1) is 0 Å². The second-order valence-corrected chi connectivity index (χ2v) is 3.64. The molecule has 0 radical (unpaired) electrons. The lowest BCUT2D eigenvalue weighted by molar-refractivity contribution is -0.142. The zero-order chi connectivity index (χ0) is 12.7. The summed E-state index contributed by atoms with van der Waals surface area (Å²) < 4.78 is 0. The highest BCUT2D eigenvalue weighted by Gasteiger charge is 2.21. The molecule has 0 spiro atoms. The molecule has 92 valence electrons. The molecular formula is C12H16N2O3. The van der Waals surface area contributed by atoms with Gasteiger partial charge in [-0.15, -0.1) is 0 Å². The molecule has 17 heavy (non-hydrogen) atoms. The molecule has 0 aromatic heterocycles. The molecule has 0 saturated heterocycles. The normalized spacial score (nSPS) is 11.8. The molecule has 1 atom stereocenters. The fraction of sp³-hybridized carbons (Fsp3) is 0.333. The molecule has 0 heterocycles. The van der Waals surface area contributed by atoms with Crippen molar-refractivity contribution in [2.75, 3.05) is 6.54 Å². The molecule has 5 heteroatoms. The van der Waals surface area contributed by atoms with Crippen LogP contribution in [-0.2, 0) is 9.59 Å². The van der Waals surface area contributed by atoms with E-state index in [4.69, 9.17) is 10.8 Å². The quantitative estimate of drug-likeness (QED) is 0.676. The number of hydrogen-bond donors (Lipinski definition) is 3. The molecule has 0 bridgehead atoms. The molecule has 0 aliphatic carbocycles. The molecule has 5 nitrogen and oxygen atoms in total. The first-order valence-electron chi connectivity index (χ1n) is 5.42. The predicted molar refractivity (Wildman–Crippen MR) is 63.2 cm³/mol. The number of rotatable bonds is 6. The molecule has 0 aliphatic rings. The summed E-state index contributed by atoms with van der Waals surface area (Å²) in [6.45, 7) is 0.413. The summed E-state index contributed by atoms with van der Waals surface area (Å²) in [6, 6.07) is 7.60. The Labute approximate surface area is 99.6 Å². The van der Waals surface area contributed by atoms with Crippen LogP contribution in [0.3, 0.4) is 0 Å². The van der Waals surface area contributed by atoms with Gasteiger partial charge in [-0.3, -0.25) is 4.79 Å². The van der Waals surface area contributed by atoms with Gasteiger partial charge >= 0.3 is 5.97 Å². The van der Waals surface area contributed by atoms with E-state index >= 15 is 0 Å². The summed E-state index contributed by atoms with van der Waals surface area (Å²) in [7, 11) is 0. The third kappa shape index (κ3) is 4.24. The van der Waals surface area contributed by atoms with E-state index in [-0.39, 0.29) is 12.3 Å². The summed E-state index contributed by atoms with van der Waals surface area (Å²) in [5, 5.41) is 11.5. The third-order valence-electron chi connectivity index (χ3n) is 2.29. The SMILES string of the molecule is NCCCC(=O)N[C@@H](C(=O)O)c1ccccc1. The average Bonchev–Trinajstić information content (AvgIpc) is 2.34. The number of nitrogens with two attached hydrogens (primary N) is 1. The van der Waals surface area contributed by atoms with Gasteiger partial charge in [0.15, 0.2) is 6.04 Å². The molecular weight excluding hydrogens is 220 g/mol. The average molecular weight is 236 g/mol. The minimum atomic E-state index is -1.07. The van der Waals surface area contributed by atoms with E-state index in [2.05, 4.69) is 5.32 Å². The van der Waals surface area contributed by atoms with E-state index in [0.29, 0.717) is 18.5 Å². The van der Waals surface area contributed by atoms with Gasteiger partial charge in [-0.05, 0) is 18.5 Å². The maximum Gasteiger partial charge on any atom is 0.330 e. The van der Waals surface area contributed by atoms with Crippen LogP contribution in [0, 0.1) is 0 Å². The number of carbonyl (C=O) groups excluding carboxylic acids is 1. The van der Waals surface area contributed by atoms with Crippen LogP contribution in [0.15, 0.2) is 30.3 Å². The molecule has 0 saturated carbocycles. The predicted octanol–water partition coefficient (Wildman–Crippen LogP) is 0.667. The molecule has 1 aromatic rings. The molecule has 4 N–H and O–H groups in total.